The number of benzene rings is 2. The molecule has 3 aromatic rings. The number of methoxy groups -OCH3 is 2. The summed E-state index contributed by atoms with van der Waals surface area (Å²) in [5.41, 5.74) is 6.83. The average Bonchev–Trinajstić information content (AvgIpc) is 2.90. The van der Waals surface area contributed by atoms with Crippen LogP contribution in [0.2, 0.25) is 0 Å². The Labute approximate surface area is 231 Å². The van der Waals surface area contributed by atoms with Gasteiger partial charge in [0, 0.05) is 30.1 Å². The van der Waals surface area contributed by atoms with Crippen molar-refractivity contribution < 1.29 is 32.3 Å². The summed E-state index contributed by atoms with van der Waals surface area (Å²) < 4.78 is 51.5. The molecular formula is C28H36F3N5O4. The van der Waals surface area contributed by atoms with Crippen molar-refractivity contribution in [3.05, 3.63) is 46.8 Å². The lowest BCUT2D eigenvalue weighted by atomic mass is 10.00. The van der Waals surface area contributed by atoms with Gasteiger partial charge in [-0.15, -0.1) is 0 Å². The summed E-state index contributed by atoms with van der Waals surface area (Å²) in [6, 6.07) is 4.70. The number of unbranched alkanes of at least 4 members (excludes halogenated alkanes) is 2. The lowest BCUT2D eigenvalue weighted by Crippen LogP contribution is -2.24. The van der Waals surface area contributed by atoms with Gasteiger partial charge in [-0.2, -0.15) is 13.2 Å². The van der Waals surface area contributed by atoms with Crippen molar-refractivity contribution in [3.8, 4) is 11.5 Å². The molecule has 1 heterocycles. The third-order valence-electron chi connectivity index (χ3n) is 6.64. The van der Waals surface area contributed by atoms with Crippen LogP contribution in [-0.2, 0) is 22.2 Å². The highest BCUT2D eigenvalue weighted by atomic mass is 19.4. The number of aryl methyl sites for hydroxylation is 2. The summed E-state index contributed by atoms with van der Waals surface area (Å²) in [6.07, 6.45) is -1.32. The lowest BCUT2D eigenvalue weighted by molar-refractivity contribution is -0.168. The number of nitrogens with two attached hydrogens (primary N) is 1. The van der Waals surface area contributed by atoms with Crippen molar-refractivity contribution in [1.29, 1.82) is 0 Å². The number of rotatable bonds is 12. The van der Waals surface area contributed by atoms with E-state index in [0.717, 1.165) is 30.5 Å². The number of alkyl halides is 3. The van der Waals surface area contributed by atoms with E-state index in [2.05, 4.69) is 15.3 Å². The Hall–Kier alpha value is -3.80. The zero-order chi connectivity index (χ0) is 29.6. The normalized spacial score (nSPS) is 12.3. The molecule has 2 aromatic carbocycles. The second kappa shape index (κ2) is 13.0. The number of carbonyl (C=O) groups excluding carboxylic acids is 1. The van der Waals surface area contributed by atoms with Gasteiger partial charge in [-0.25, -0.2) is 15.0 Å². The standard InChI is InChI=1S/C28H36F3N5O4/c1-16(18-12-19(28(29,30)31)14-20(32)13-18)33-27-22-15-23(38-4)26(39-5)21(25(22)34-17(2)35-27)10-8-7-9-11-24(37)36(3)40-6/h12-16H,7-11,32H2,1-6H3,(H,33,34,35)/t16-/m1/s1. The van der Waals surface area contributed by atoms with Gasteiger partial charge in [0.1, 0.15) is 11.6 Å². The van der Waals surface area contributed by atoms with Gasteiger partial charge in [-0.1, -0.05) is 6.42 Å². The molecule has 0 saturated carbocycles. The van der Waals surface area contributed by atoms with Crippen LogP contribution in [0.5, 0.6) is 11.5 Å². The molecule has 0 unspecified atom stereocenters. The Morgan fingerprint density at radius 3 is 2.42 bits per heavy atom. The summed E-state index contributed by atoms with van der Waals surface area (Å²) in [6.45, 7) is 3.48. The van der Waals surface area contributed by atoms with Crippen molar-refractivity contribution in [2.24, 2.45) is 0 Å². The van der Waals surface area contributed by atoms with Gasteiger partial charge in [0.15, 0.2) is 11.5 Å². The van der Waals surface area contributed by atoms with Crippen molar-refractivity contribution in [2.45, 2.75) is 58.2 Å². The largest absolute Gasteiger partial charge is 0.493 e. The van der Waals surface area contributed by atoms with E-state index in [9.17, 15) is 18.0 Å². The number of aromatic nitrogens is 2. The molecule has 0 bridgehead atoms. The van der Waals surface area contributed by atoms with Crippen molar-refractivity contribution in [2.75, 3.05) is 39.4 Å². The highest BCUT2D eigenvalue weighted by Gasteiger charge is 2.31. The Morgan fingerprint density at radius 2 is 1.80 bits per heavy atom. The summed E-state index contributed by atoms with van der Waals surface area (Å²) in [5, 5.41) is 5.10. The molecule has 0 aliphatic rings. The van der Waals surface area contributed by atoms with E-state index in [0.29, 0.717) is 58.9 Å². The quantitative estimate of drug-likeness (QED) is 0.160. The van der Waals surface area contributed by atoms with Crippen LogP contribution < -0.4 is 20.5 Å². The molecule has 40 heavy (non-hydrogen) atoms. The lowest BCUT2D eigenvalue weighted by Gasteiger charge is -2.21. The molecule has 12 heteroatoms. The maximum atomic E-state index is 13.4. The van der Waals surface area contributed by atoms with Gasteiger partial charge in [0.25, 0.3) is 0 Å². The molecule has 1 aromatic heterocycles. The number of carbonyl (C=O) groups is 1. The number of nitrogen functional groups attached to an aromatic ring is 1. The van der Waals surface area contributed by atoms with E-state index in [4.69, 9.17) is 20.0 Å². The van der Waals surface area contributed by atoms with Crippen LogP contribution >= 0.6 is 0 Å². The predicted molar refractivity (Wildman–Crippen MR) is 147 cm³/mol. The first-order valence-electron chi connectivity index (χ1n) is 12.9. The topological polar surface area (TPSA) is 112 Å². The molecule has 0 radical (unpaired) electrons. The van der Waals surface area contributed by atoms with Gasteiger partial charge in [-0.05, 0) is 62.9 Å². The maximum absolute atomic E-state index is 13.4. The first kappa shape index (κ1) is 30.7. The van der Waals surface area contributed by atoms with Gasteiger partial charge in [-0.3, -0.25) is 9.63 Å². The molecule has 3 rings (SSSR count). The molecule has 1 atom stereocenters. The Morgan fingerprint density at radius 1 is 1.07 bits per heavy atom. The number of hydrogen-bond acceptors (Lipinski definition) is 8. The van der Waals surface area contributed by atoms with Crippen LogP contribution in [0.4, 0.5) is 24.7 Å². The van der Waals surface area contributed by atoms with Gasteiger partial charge >= 0.3 is 6.18 Å². The molecule has 0 spiro atoms. The molecular weight excluding hydrogens is 527 g/mol. The van der Waals surface area contributed by atoms with Crippen LogP contribution in [0.3, 0.4) is 0 Å². The average molecular weight is 564 g/mol. The third kappa shape index (κ3) is 7.23. The highest BCUT2D eigenvalue weighted by Crippen LogP contribution is 2.41. The minimum Gasteiger partial charge on any atom is -0.493 e. The highest BCUT2D eigenvalue weighted by molar-refractivity contribution is 5.94. The number of halogens is 3. The number of ether oxygens (including phenoxy) is 2. The fourth-order valence-electron chi connectivity index (χ4n) is 4.51. The number of hydroxylamine groups is 2. The number of nitrogens with zero attached hydrogens (tertiary/aromatic N) is 3. The van der Waals surface area contributed by atoms with Crippen molar-refractivity contribution >= 4 is 28.3 Å². The smallest absolute Gasteiger partial charge is 0.416 e. The maximum Gasteiger partial charge on any atom is 0.416 e. The van der Waals surface area contributed by atoms with Crippen LogP contribution in [-0.4, -0.2) is 49.3 Å². The Kier molecular flexibility index (Phi) is 10.0. The molecule has 0 fully saturated rings. The molecule has 1 amide bonds. The summed E-state index contributed by atoms with van der Waals surface area (Å²) >= 11 is 0. The first-order chi connectivity index (χ1) is 18.9. The van der Waals surface area contributed by atoms with E-state index >= 15 is 0 Å². The fraction of sp³-hybridized carbons (Fsp3) is 0.464. The summed E-state index contributed by atoms with van der Waals surface area (Å²) in [7, 11) is 6.11. The molecule has 218 valence electrons. The summed E-state index contributed by atoms with van der Waals surface area (Å²) in [4.78, 5) is 26.2. The number of hydrogen-bond donors (Lipinski definition) is 2. The van der Waals surface area contributed by atoms with Gasteiger partial charge < -0.3 is 20.5 Å². The summed E-state index contributed by atoms with van der Waals surface area (Å²) in [5.74, 6) is 1.86. The van der Waals surface area contributed by atoms with Crippen LogP contribution in [0.15, 0.2) is 24.3 Å². The van der Waals surface area contributed by atoms with Gasteiger partial charge in [0.2, 0.25) is 5.91 Å². The number of anilines is 2. The minimum atomic E-state index is -4.52. The zero-order valence-corrected chi connectivity index (χ0v) is 23.6. The first-order valence-corrected chi connectivity index (χ1v) is 12.9. The van der Waals surface area contributed by atoms with Crippen LogP contribution in [0.25, 0.3) is 10.9 Å². The zero-order valence-electron chi connectivity index (χ0n) is 23.6. The van der Waals surface area contributed by atoms with Crippen LogP contribution in [0, 0.1) is 6.92 Å². The predicted octanol–water partition coefficient (Wildman–Crippen LogP) is 5.85. The van der Waals surface area contributed by atoms with E-state index in [1.807, 2.05) is 0 Å². The fourth-order valence-corrected chi connectivity index (χ4v) is 4.51. The molecule has 0 aliphatic heterocycles. The SMILES string of the molecule is COc1cc2c(N[C@H](C)c3cc(N)cc(C(F)(F)F)c3)nc(C)nc2c(CCCCCC(=O)N(C)OC)c1OC. The monoisotopic (exact) mass is 563 g/mol. The molecule has 0 aliphatic carbocycles. The van der Waals surface area contributed by atoms with Crippen molar-refractivity contribution in [1.82, 2.24) is 15.0 Å². The molecule has 3 N–H and O–H groups in total. The van der Waals surface area contributed by atoms with Crippen molar-refractivity contribution in [3.63, 3.8) is 0 Å². The molecule has 0 saturated heterocycles. The van der Waals surface area contributed by atoms with E-state index in [1.54, 1.807) is 34.1 Å². The second-order valence-electron chi connectivity index (χ2n) is 9.49. The van der Waals surface area contributed by atoms with E-state index in [-0.39, 0.29) is 11.6 Å². The number of nitrogens with one attached hydrogen (secondary N) is 1. The van der Waals surface area contributed by atoms with E-state index < -0.39 is 17.8 Å². The van der Waals surface area contributed by atoms with Crippen LogP contribution in [0.1, 0.15) is 61.2 Å². The number of amides is 1. The Balaban J connectivity index is 1.95. The third-order valence-corrected chi connectivity index (χ3v) is 6.64. The Bertz CT molecular complexity index is 1350. The molecule has 9 nitrogen and oxygen atoms in total. The number of fused-ring (bicyclic) bond motifs is 1. The second-order valence-corrected chi connectivity index (χ2v) is 9.49. The van der Waals surface area contributed by atoms with Gasteiger partial charge in [0.05, 0.1) is 38.5 Å². The van der Waals surface area contributed by atoms with E-state index in [1.165, 1.54) is 25.3 Å². The minimum absolute atomic E-state index is 0.0199.